The lowest BCUT2D eigenvalue weighted by atomic mass is 10.1. The summed E-state index contributed by atoms with van der Waals surface area (Å²) in [6, 6.07) is 24.7. The average Bonchev–Trinajstić information content (AvgIpc) is 3.59. The maximum atomic E-state index is 13.4. The van der Waals surface area contributed by atoms with Gasteiger partial charge in [-0.15, -0.1) is 0 Å². The molecule has 13 nitrogen and oxygen atoms in total. The maximum Gasteiger partial charge on any atom is 0.324 e. The van der Waals surface area contributed by atoms with Gasteiger partial charge in [0, 0.05) is 36.1 Å². The summed E-state index contributed by atoms with van der Waals surface area (Å²) >= 11 is 0. The molecule has 276 valence electrons. The van der Waals surface area contributed by atoms with Crippen molar-refractivity contribution in [1.82, 2.24) is 29.6 Å². The highest BCUT2D eigenvalue weighted by atomic mass is 16.5. The van der Waals surface area contributed by atoms with Crippen molar-refractivity contribution in [3.8, 4) is 11.4 Å². The molecule has 3 amide bonds. The number of rotatable bonds is 12. The molecule has 1 aliphatic rings. The first-order valence-corrected chi connectivity index (χ1v) is 18.2. The summed E-state index contributed by atoms with van der Waals surface area (Å²) in [7, 11) is 0. The van der Waals surface area contributed by atoms with Gasteiger partial charge in [-0.2, -0.15) is 5.10 Å². The summed E-state index contributed by atoms with van der Waals surface area (Å²) in [5.41, 5.74) is 4.66. The minimum atomic E-state index is -0.510. The van der Waals surface area contributed by atoms with Crippen LogP contribution in [0.5, 0.6) is 5.75 Å². The SMILES string of the molecule is CCCCc1cc(NC(=O)Nc2ccc(OCc3ccnc(Nc4cnc(C(=O)N5CCCC(O)C5)cn4)c3)c3ccccc23)n(-c2ccc(C)cc2)n1. The van der Waals surface area contributed by atoms with Crippen molar-refractivity contribution < 1.29 is 19.4 Å². The molecule has 4 N–H and O–H groups in total. The van der Waals surface area contributed by atoms with Crippen molar-refractivity contribution in [2.75, 3.05) is 29.0 Å². The standard InChI is InChI=1S/C41H43N9O4/c1-3-4-8-29-22-39(50(48-29)30-14-12-27(2)13-15-30)47-41(53)45-34-16-17-36(33-11-6-5-10-32(33)34)54-26-28-18-19-42-37(21-28)46-38-24-43-35(23-44-38)40(52)49-20-7-9-31(51)25-49/h5-6,10-19,21-24,31,51H,3-4,7-9,20,25-26H2,1-2H3,(H,42,44,46)(H2,45,47,53). The highest BCUT2D eigenvalue weighted by Gasteiger charge is 2.24. The Morgan fingerprint density at radius 1 is 0.926 bits per heavy atom. The summed E-state index contributed by atoms with van der Waals surface area (Å²) in [4.78, 5) is 40.9. The molecule has 1 fully saturated rings. The van der Waals surface area contributed by atoms with Crippen LogP contribution >= 0.6 is 0 Å². The van der Waals surface area contributed by atoms with Crippen molar-refractivity contribution >= 4 is 45.9 Å². The normalized spacial score (nSPS) is 14.1. The molecule has 1 atom stereocenters. The fraction of sp³-hybridized carbons (Fsp3) is 0.268. The Labute approximate surface area is 313 Å². The second-order valence-corrected chi connectivity index (χ2v) is 13.4. The number of aryl methyl sites for hydroxylation is 2. The molecule has 0 aliphatic carbocycles. The highest BCUT2D eigenvalue weighted by molar-refractivity contribution is 6.07. The van der Waals surface area contributed by atoms with Crippen LogP contribution in [0.4, 0.5) is 27.9 Å². The van der Waals surface area contributed by atoms with Crippen LogP contribution in [0, 0.1) is 6.92 Å². The number of likely N-dealkylation sites (tertiary alicyclic amines) is 1. The van der Waals surface area contributed by atoms with Crippen LogP contribution in [0.3, 0.4) is 0 Å². The van der Waals surface area contributed by atoms with Gasteiger partial charge in [-0.05, 0) is 74.6 Å². The summed E-state index contributed by atoms with van der Waals surface area (Å²) in [6.07, 6.45) is 8.43. The van der Waals surface area contributed by atoms with E-state index in [1.165, 1.54) is 12.4 Å². The molecular weight excluding hydrogens is 683 g/mol. The number of amides is 3. The van der Waals surface area contributed by atoms with E-state index < -0.39 is 6.10 Å². The monoisotopic (exact) mass is 725 g/mol. The first-order chi connectivity index (χ1) is 26.3. The quantitative estimate of drug-likeness (QED) is 0.101. The molecule has 4 heterocycles. The van der Waals surface area contributed by atoms with Gasteiger partial charge in [0.25, 0.3) is 5.91 Å². The van der Waals surface area contributed by atoms with Crippen LogP contribution in [0.1, 0.15) is 59.9 Å². The van der Waals surface area contributed by atoms with Crippen molar-refractivity contribution in [1.29, 1.82) is 0 Å². The van der Waals surface area contributed by atoms with E-state index in [9.17, 15) is 14.7 Å². The van der Waals surface area contributed by atoms with Gasteiger partial charge in [0.15, 0.2) is 0 Å². The van der Waals surface area contributed by atoms with Crippen LogP contribution in [-0.4, -0.2) is 65.9 Å². The van der Waals surface area contributed by atoms with E-state index >= 15 is 0 Å². The second kappa shape index (κ2) is 16.6. The van der Waals surface area contributed by atoms with E-state index in [4.69, 9.17) is 9.84 Å². The molecule has 0 bridgehead atoms. The first kappa shape index (κ1) is 36.0. The third-order valence-corrected chi connectivity index (χ3v) is 9.23. The number of fused-ring (bicyclic) bond motifs is 1. The van der Waals surface area contributed by atoms with Gasteiger partial charge in [0.05, 0.1) is 35.6 Å². The third-order valence-electron chi connectivity index (χ3n) is 9.23. The first-order valence-electron chi connectivity index (χ1n) is 18.2. The summed E-state index contributed by atoms with van der Waals surface area (Å²) in [5.74, 6) is 1.98. The van der Waals surface area contributed by atoms with Crippen LogP contribution in [0.15, 0.2) is 97.5 Å². The molecule has 3 aromatic heterocycles. The number of hydrogen-bond acceptors (Lipinski definition) is 9. The van der Waals surface area contributed by atoms with Gasteiger partial charge in [0.2, 0.25) is 0 Å². The van der Waals surface area contributed by atoms with Gasteiger partial charge >= 0.3 is 6.03 Å². The molecule has 1 aliphatic heterocycles. The molecule has 6 aromatic rings. The zero-order chi connectivity index (χ0) is 37.4. The van der Waals surface area contributed by atoms with Crippen molar-refractivity contribution in [2.45, 2.75) is 58.7 Å². The average molecular weight is 726 g/mol. The fourth-order valence-electron chi connectivity index (χ4n) is 6.39. The van der Waals surface area contributed by atoms with Gasteiger partial charge in [-0.1, -0.05) is 55.3 Å². The van der Waals surface area contributed by atoms with E-state index in [0.29, 0.717) is 48.4 Å². The Bertz CT molecular complexity index is 2240. The van der Waals surface area contributed by atoms with Crippen LogP contribution in [0.2, 0.25) is 0 Å². The van der Waals surface area contributed by atoms with Crippen molar-refractivity contribution in [3.63, 3.8) is 0 Å². The number of ether oxygens (including phenoxy) is 1. The predicted octanol–water partition coefficient (Wildman–Crippen LogP) is 7.43. The van der Waals surface area contributed by atoms with Crippen LogP contribution in [-0.2, 0) is 13.0 Å². The summed E-state index contributed by atoms with van der Waals surface area (Å²) in [5, 5.41) is 25.6. The number of β-amino-alcohol motifs (C(OH)–C–C–N with tert-alkyl or cyclic N) is 1. The Hall–Kier alpha value is -6.34. The number of aliphatic hydroxyl groups excluding tert-OH is 1. The summed E-state index contributed by atoms with van der Waals surface area (Å²) < 4.78 is 8.07. The largest absolute Gasteiger partial charge is 0.488 e. The minimum Gasteiger partial charge on any atom is -0.488 e. The number of pyridine rings is 1. The molecule has 54 heavy (non-hydrogen) atoms. The smallest absolute Gasteiger partial charge is 0.324 e. The van der Waals surface area contributed by atoms with Gasteiger partial charge in [0.1, 0.15) is 35.5 Å². The molecular formula is C41H43N9O4. The number of anilines is 4. The molecule has 1 saturated heterocycles. The van der Waals surface area contributed by atoms with Crippen LogP contribution < -0.4 is 20.7 Å². The lowest BCUT2D eigenvalue weighted by Crippen LogP contribution is -2.42. The van der Waals surface area contributed by atoms with E-state index in [-0.39, 0.29) is 24.2 Å². The molecule has 0 radical (unpaired) electrons. The van der Waals surface area contributed by atoms with Crippen LogP contribution in [0.25, 0.3) is 16.5 Å². The molecule has 0 saturated carbocycles. The zero-order valence-electron chi connectivity index (χ0n) is 30.3. The Morgan fingerprint density at radius 3 is 2.54 bits per heavy atom. The second-order valence-electron chi connectivity index (χ2n) is 13.4. The minimum absolute atomic E-state index is 0.223. The number of aromatic nitrogens is 5. The van der Waals surface area contributed by atoms with Gasteiger partial charge in [-0.3, -0.25) is 10.1 Å². The van der Waals surface area contributed by atoms with Crippen molar-refractivity contribution in [2.24, 2.45) is 0 Å². The number of urea groups is 1. The number of piperidine rings is 1. The topological polar surface area (TPSA) is 159 Å². The number of unbranched alkanes of at least 4 members (excludes halogenated alkanes) is 1. The van der Waals surface area contributed by atoms with E-state index in [1.54, 1.807) is 15.8 Å². The number of nitrogens with one attached hydrogen (secondary N) is 3. The number of hydrogen-bond donors (Lipinski definition) is 4. The lowest BCUT2D eigenvalue weighted by molar-refractivity contribution is 0.0468. The Morgan fingerprint density at radius 2 is 1.76 bits per heavy atom. The number of carbonyl (C=O) groups excluding carboxylic acids is 2. The Kier molecular flexibility index (Phi) is 11.0. The maximum absolute atomic E-state index is 13.4. The molecule has 0 spiro atoms. The summed E-state index contributed by atoms with van der Waals surface area (Å²) in [6.45, 7) is 5.34. The number of benzene rings is 3. The fourth-order valence-corrected chi connectivity index (χ4v) is 6.39. The van der Waals surface area contributed by atoms with E-state index in [0.717, 1.165) is 59.0 Å². The van der Waals surface area contributed by atoms with Gasteiger partial charge < -0.3 is 25.4 Å². The lowest BCUT2D eigenvalue weighted by Gasteiger charge is -2.29. The molecule has 7 rings (SSSR count). The zero-order valence-corrected chi connectivity index (χ0v) is 30.3. The number of carbonyl (C=O) groups is 2. The van der Waals surface area contributed by atoms with E-state index in [1.807, 2.05) is 85.8 Å². The van der Waals surface area contributed by atoms with E-state index in [2.05, 4.69) is 37.8 Å². The third kappa shape index (κ3) is 8.64. The number of nitrogens with zero attached hydrogens (tertiary/aromatic N) is 6. The highest BCUT2D eigenvalue weighted by Crippen LogP contribution is 2.32. The molecule has 3 aromatic carbocycles. The molecule has 1 unspecified atom stereocenters. The number of aliphatic hydroxyl groups is 1. The molecule has 13 heteroatoms. The van der Waals surface area contributed by atoms with Crippen molar-refractivity contribution in [3.05, 3.63) is 120 Å². The van der Waals surface area contributed by atoms with Gasteiger partial charge in [-0.25, -0.2) is 24.4 Å². The predicted molar refractivity (Wildman–Crippen MR) is 209 cm³/mol. The Balaban J connectivity index is 1.00.